The quantitative estimate of drug-likeness (QED) is 0.469. The van der Waals surface area contributed by atoms with Gasteiger partial charge in [0.2, 0.25) is 5.91 Å². The molecule has 2 heterocycles. The van der Waals surface area contributed by atoms with Gasteiger partial charge in [0.15, 0.2) is 0 Å². The number of aryl methyl sites for hydroxylation is 2. The molecule has 2 unspecified atom stereocenters. The van der Waals surface area contributed by atoms with E-state index in [1.54, 1.807) is 0 Å². The number of nitrogens with one attached hydrogen (secondary N) is 1. The molecular weight excluding hydrogens is 446 g/mol. The molecule has 0 spiro atoms. The van der Waals surface area contributed by atoms with Gasteiger partial charge in [0.05, 0.1) is 5.92 Å². The summed E-state index contributed by atoms with van der Waals surface area (Å²) in [5, 5.41) is 3.26. The first kappa shape index (κ1) is 28.1. The van der Waals surface area contributed by atoms with E-state index < -0.39 is 0 Å². The van der Waals surface area contributed by atoms with Crippen LogP contribution >= 0.6 is 0 Å². The molecule has 2 saturated heterocycles. The van der Waals surface area contributed by atoms with Crippen molar-refractivity contribution in [3.8, 4) is 0 Å². The van der Waals surface area contributed by atoms with Crippen LogP contribution in [0.25, 0.3) is 0 Å². The molecule has 0 aromatic heterocycles. The molecule has 0 radical (unpaired) electrons. The number of likely N-dealkylation sites (tertiary alicyclic amines) is 1. The van der Waals surface area contributed by atoms with Crippen molar-refractivity contribution in [2.45, 2.75) is 70.3 Å². The van der Waals surface area contributed by atoms with Gasteiger partial charge in [-0.05, 0) is 81.9 Å². The van der Waals surface area contributed by atoms with Gasteiger partial charge in [0, 0.05) is 31.6 Å². The summed E-state index contributed by atoms with van der Waals surface area (Å²) in [4.78, 5) is 24.8. The first-order valence-electron chi connectivity index (χ1n) is 13.9. The lowest BCUT2D eigenvalue weighted by Gasteiger charge is -2.34. The van der Waals surface area contributed by atoms with E-state index in [1.807, 2.05) is 4.90 Å². The number of aldehydes is 1. The summed E-state index contributed by atoms with van der Waals surface area (Å²) in [6.07, 6.45) is 11.9. The van der Waals surface area contributed by atoms with Crippen molar-refractivity contribution in [1.82, 2.24) is 10.2 Å². The second kappa shape index (κ2) is 16.3. The van der Waals surface area contributed by atoms with E-state index in [2.05, 4.69) is 66.0 Å². The van der Waals surface area contributed by atoms with E-state index in [4.69, 9.17) is 5.73 Å². The zero-order valence-electron chi connectivity index (χ0n) is 21.8. The average molecular weight is 492 g/mol. The number of hydrogen-bond donors (Lipinski definition) is 2. The lowest BCUT2D eigenvalue weighted by molar-refractivity contribution is -0.138. The van der Waals surface area contributed by atoms with Crippen LogP contribution in [0.1, 0.15) is 62.5 Å². The number of amides is 1. The van der Waals surface area contributed by atoms with Crippen molar-refractivity contribution < 1.29 is 9.59 Å². The van der Waals surface area contributed by atoms with E-state index in [-0.39, 0.29) is 17.7 Å². The third-order valence-corrected chi connectivity index (χ3v) is 7.37. The Balaban J connectivity index is 0.000000205. The van der Waals surface area contributed by atoms with Crippen LogP contribution in [0.15, 0.2) is 60.7 Å². The van der Waals surface area contributed by atoms with E-state index in [1.165, 1.54) is 24.0 Å². The minimum Gasteiger partial charge on any atom is -0.342 e. The maximum atomic E-state index is 12.2. The Morgan fingerprint density at radius 1 is 0.944 bits per heavy atom. The molecule has 3 N–H and O–H groups in total. The molecule has 1 amide bonds. The Hall–Kier alpha value is -2.50. The Bertz CT molecular complexity index is 822. The highest BCUT2D eigenvalue weighted by molar-refractivity contribution is 5.79. The molecule has 2 atom stereocenters. The molecule has 0 saturated carbocycles. The first-order valence-corrected chi connectivity index (χ1v) is 13.9. The summed E-state index contributed by atoms with van der Waals surface area (Å²) in [5.74, 6) is 0.451. The van der Waals surface area contributed by atoms with Crippen molar-refractivity contribution in [3.63, 3.8) is 0 Å². The molecule has 5 nitrogen and oxygen atoms in total. The van der Waals surface area contributed by atoms with Gasteiger partial charge in [-0.25, -0.2) is 0 Å². The minimum atomic E-state index is 0.0641. The van der Waals surface area contributed by atoms with Crippen molar-refractivity contribution in [3.05, 3.63) is 71.8 Å². The van der Waals surface area contributed by atoms with Crippen LogP contribution in [-0.2, 0) is 22.4 Å². The predicted molar refractivity (Wildman–Crippen MR) is 148 cm³/mol. The summed E-state index contributed by atoms with van der Waals surface area (Å²) in [6.45, 7) is 3.31. The maximum Gasteiger partial charge on any atom is 0.226 e. The largest absolute Gasteiger partial charge is 0.342 e. The third-order valence-electron chi connectivity index (χ3n) is 7.37. The van der Waals surface area contributed by atoms with Gasteiger partial charge < -0.3 is 20.7 Å². The molecule has 2 aliphatic rings. The van der Waals surface area contributed by atoms with Crippen molar-refractivity contribution in [2.24, 2.45) is 17.6 Å². The first-order chi connectivity index (χ1) is 17.7. The van der Waals surface area contributed by atoms with Crippen LogP contribution in [0.5, 0.6) is 0 Å². The van der Waals surface area contributed by atoms with Crippen LogP contribution in [0, 0.1) is 11.8 Å². The van der Waals surface area contributed by atoms with E-state index in [0.717, 1.165) is 77.3 Å². The number of nitrogens with zero attached hydrogens (tertiary/aromatic N) is 1. The monoisotopic (exact) mass is 491 g/mol. The average Bonchev–Trinajstić information content (AvgIpc) is 2.95. The number of rotatable bonds is 10. The fourth-order valence-electron chi connectivity index (χ4n) is 5.21. The molecule has 4 rings (SSSR count). The van der Waals surface area contributed by atoms with Gasteiger partial charge in [-0.15, -0.1) is 0 Å². The number of carbonyl (C=O) groups excluding carboxylic acids is 2. The van der Waals surface area contributed by atoms with Gasteiger partial charge in [-0.2, -0.15) is 0 Å². The zero-order valence-corrected chi connectivity index (χ0v) is 21.8. The summed E-state index contributed by atoms with van der Waals surface area (Å²) >= 11 is 0. The molecule has 0 aliphatic carbocycles. The summed E-state index contributed by atoms with van der Waals surface area (Å²) < 4.78 is 0. The SMILES string of the molecule is NC(CCCc1ccccc1)CCCc1ccccc1.O=CC1CCCN(C(=O)C2CCCNC2)C1. The molecule has 2 fully saturated rings. The molecule has 196 valence electrons. The van der Waals surface area contributed by atoms with Crippen LogP contribution in [-0.4, -0.2) is 49.3 Å². The lowest BCUT2D eigenvalue weighted by atomic mass is 9.94. The highest BCUT2D eigenvalue weighted by Gasteiger charge is 2.29. The lowest BCUT2D eigenvalue weighted by Crippen LogP contribution is -2.47. The molecule has 5 heteroatoms. The molecule has 2 aliphatic heterocycles. The standard InChI is InChI=1S/C19H25N.C12H20N2O2/c20-19(15-7-13-17-9-3-1-4-10-17)16-8-14-18-11-5-2-6-12-18;15-9-10-3-2-6-14(8-10)12(16)11-4-1-5-13-7-11/h1-6,9-12,19H,7-8,13-16,20H2;9-11,13H,1-8H2. The second-order valence-corrected chi connectivity index (χ2v) is 10.4. The number of carbonyl (C=O) groups is 2. The van der Waals surface area contributed by atoms with Gasteiger partial charge >= 0.3 is 0 Å². The van der Waals surface area contributed by atoms with E-state index in [0.29, 0.717) is 12.6 Å². The van der Waals surface area contributed by atoms with E-state index >= 15 is 0 Å². The van der Waals surface area contributed by atoms with Crippen LogP contribution in [0.2, 0.25) is 0 Å². The Labute approximate surface area is 217 Å². The Morgan fingerprint density at radius 3 is 2.08 bits per heavy atom. The summed E-state index contributed by atoms with van der Waals surface area (Å²) in [5.41, 5.74) is 9.04. The topological polar surface area (TPSA) is 75.4 Å². The minimum absolute atomic E-state index is 0.0641. The van der Waals surface area contributed by atoms with Gasteiger partial charge in [0.25, 0.3) is 0 Å². The molecule has 2 aromatic rings. The van der Waals surface area contributed by atoms with Gasteiger partial charge in [-0.3, -0.25) is 4.79 Å². The maximum absolute atomic E-state index is 12.2. The summed E-state index contributed by atoms with van der Waals surface area (Å²) in [6, 6.07) is 21.7. The number of nitrogens with two attached hydrogens (primary N) is 1. The van der Waals surface area contributed by atoms with Crippen LogP contribution < -0.4 is 11.1 Å². The second-order valence-electron chi connectivity index (χ2n) is 10.4. The highest BCUT2D eigenvalue weighted by Crippen LogP contribution is 2.19. The van der Waals surface area contributed by atoms with Crippen LogP contribution in [0.4, 0.5) is 0 Å². The van der Waals surface area contributed by atoms with Gasteiger partial charge in [0.1, 0.15) is 6.29 Å². The highest BCUT2D eigenvalue weighted by atomic mass is 16.2. The van der Waals surface area contributed by atoms with E-state index in [9.17, 15) is 9.59 Å². The number of benzene rings is 2. The smallest absolute Gasteiger partial charge is 0.226 e. The fraction of sp³-hybridized carbons (Fsp3) is 0.548. The fourth-order valence-corrected chi connectivity index (χ4v) is 5.21. The molecule has 2 aromatic carbocycles. The molecular formula is C31H45N3O2. The Kier molecular flexibility index (Phi) is 12.7. The van der Waals surface area contributed by atoms with Crippen molar-refractivity contribution in [2.75, 3.05) is 26.2 Å². The van der Waals surface area contributed by atoms with Crippen molar-refractivity contribution >= 4 is 12.2 Å². The van der Waals surface area contributed by atoms with Crippen LogP contribution in [0.3, 0.4) is 0 Å². The predicted octanol–water partition coefficient (Wildman–Crippen LogP) is 4.78. The zero-order chi connectivity index (χ0) is 25.4. The third kappa shape index (κ3) is 10.2. The number of piperidine rings is 2. The summed E-state index contributed by atoms with van der Waals surface area (Å²) in [7, 11) is 0. The normalized spacial score (nSPS) is 19.9. The number of hydrogen-bond acceptors (Lipinski definition) is 4. The molecule has 0 bridgehead atoms. The Morgan fingerprint density at radius 2 is 1.56 bits per heavy atom. The van der Waals surface area contributed by atoms with Crippen molar-refractivity contribution in [1.29, 1.82) is 0 Å². The van der Waals surface area contributed by atoms with Gasteiger partial charge in [-0.1, -0.05) is 60.7 Å². The molecule has 36 heavy (non-hydrogen) atoms.